The standard InChI is InChI=1S/C84H59N3O/c1-83(2)73-47-54(53-35-45-79-72(46-53)68-23-12-15-28-78(68)86(79)57-18-7-5-8-19-57)32-40-63(73)65-43-38-60(50-75(65)83)85(59-36-30-52(31-37-59)62-25-17-26-71-70-24-13-16-29-81(70)88-82(62)71)61-39-44-66-64-41-33-55(48-74(64)84(3,4)76(66)51-61)56-34-42-69-67-22-11-14-27-77(67)87(80(69)49-56)58-20-9-6-10-21-58/h5-51H,1-4H3. The summed E-state index contributed by atoms with van der Waals surface area (Å²) in [6, 6.07) is 106. The molecule has 0 aliphatic heterocycles. The van der Waals surface area contributed by atoms with E-state index in [1.165, 1.54) is 116 Å². The van der Waals surface area contributed by atoms with Crippen LogP contribution in [-0.2, 0) is 10.8 Å². The molecule has 0 N–H and O–H groups in total. The third-order valence-electron chi connectivity index (χ3n) is 19.7. The first-order valence-electron chi connectivity index (χ1n) is 30.7. The van der Waals surface area contributed by atoms with Gasteiger partial charge in [0, 0.05) is 77.1 Å². The van der Waals surface area contributed by atoms with E-state index in [4.69, 9.17) is 4.42 Å². The maximum absolute atomic E-state index is 6.58. The van der Waals surface area contributed by atoms with Crippen molar-refractivity contribution < 1.29 is 4.42 Å². The van der Waals surface area contributed by atoms with Gasteiger partial charge in [0.25, 0.3) is 0 Å². The lowest BCUT2D eigenvalue weighted by atomic mass is 9.81. The number of hydrogen-bond donors (Lipinski definition) is 0. The Morgan fingerprint density at radius 2 is 0.693 bits per heavy atom. The van der Waals surface area contributed by atoms with Crippen LogP contribution in [0.1, 0.15) is 49.9 Å². The summed E-state index contributed by atoms with van der Waals surface area (Å²) < 4.78 is 11.4. The molecule has 18 rings (SSSR count). The lowest BCUT2D eigenvalue weighted by Gasteiger charge is -2.30. The molecule has 0 bridgehead atoms. The van der Waals surface area contributed by atoms with E-state index in [9.17, 15) is 0 Å². The van der Waals surface area contributed by atoms with Gasteiger partial charge in [-0.2, -0.15) is 0 Å². The van der Waals surface area contributed by atoms with Crippen molar-refractivity contribution in [1.29, 1.82) is 0 Å². The second-order valence-electron chi connectivity index (χ2n) is 25.2. The summed E-state index contributed by atoms with van der Waals surface area (Å²) in [5, 5.41) is 7.29. The summed E-state index contributed by atoms with van der Waals surface area (Å²) >= 11 is 0. The first-order valence-corrected chi connectivity index (χ1v) is 30.7. The van der Waals surface area contributed by atoms with Gasteiger partial charge in [-0.25, -0.2) is 0 Å². The van der Waals surface area contributed by atoms with Crippen molar-refractivity contribution in [2.75, 3.05) is 4.90 Å². The summed E-state index contributed by atoms with van der Waals surface area (Å²) in [6.45, 7) is 9.63. The fourth-order valence-corrected chi connectivity index (χ4v) is 15.3. The van der Waals surface area contributed by atoms with Gasteiger partial charge in [-0.3, -0.25) is 0 Å². The van der Waals surface area contributed by atoms with Gasteiger partial charge in [0.1, 0.15) is 11.2 Å². The van der Waals surface area contributed by atoms with Gasteiger partial charge in [0.05, 0.1) is 22.1 Å². The van der Waals surface area contributed by atoms with Crippen molar-refractivity contribution in [3.05, 3.63) is 307 Å². The van der Waals surface area contributed by atoms with Crippen molar-refractivity contribution in [1.82, 2.24) is 9.13 Å². The molecule has 0 saturated carbocycles. The van der Waals surface area contributed by atoms with Crippen LogP contribution in [0.2, 0.25) is 0 Å². The van der Waals surface area contributed by atoms with Crippen LogP contribution in [0.4, 0.5) is 17.1 Å². The Morgan fingerprint density at radius 1 is 0.273 bits per heavy atom. The molecule has 0 atom stereocenters. The maximum atomic E-state index is 6.58. The summed E-state index contributed by atoms with van der Waals surface area (Å²) in [6.07, 6.45) is 0. The smallest absolute Gasteiger partial charge is 0.143 e. The number of aromatic nitrogens is 2. The number of hydrogen-bond acceptors (Lipinski definition) is 2. The van der Waals surface area contributed by atoms with Crippen molar-refractivity contribution >= 4 is 82.6 Å². The molecule has 0 spiro atoms. The molecule has 0 radical (unpaired) electrons. The number of nitrogens with zero attached hydrogens (tertiary/aromatic N) is 3. The predicted octanol–water partition coefficient (Wildman–Crippen LogP) is 22.9. The number of benzene rings is 13. The van der Waals surface area contributed by atoms with Gasteiger partial charge in [-0.15, -0.1) is 0 Å². The highest BCUT2D eigenvalue weighted by Crippen LogP contribution is 2.55. The quantitative estimate of drug-likeness (QED) is 0.152. The molecule has 13 aromatic carbocycles. The van der Waals surface area contributed by atoms with E-state index in [2.05, 4.69) is 321 Å². The van der Waals surface area contributed by atoms with E-state index < -0.39 is 0 Å². The fraction of sp³-hybridized carbons (Fsp3) is 0.0714. The molecule has 0 saturated heterocycles. The number of fused-ring (bicyclic) bond motifs is 15. The minimum Gasteiger partial charge on any atom is -0.455 e. The van der Waals surface area contributed by atoms with Gasteiger partial charge in [0.15, 0.2) is 0 Å². The Kier molecular flexibility index (Phi) is 10.8. The molecule has 2 aliphatic rings. The number of para-hydroxylation sites is 6. The molecule has 0 fully saturated rings. The zero-order chi connectivity index (χ0) is 58.6. The molecule has 3 heterocycles. The van der Waals surface area contributed by atoms with Crippen LogP contribution >= 0.6 is 0 Å². The Balaban J connectivity index is 0.735. The Labute approximate surface area is 511 Å². The predicted molar refractivity (Wildman–Crippen MR) is 369 cm³/mol. The van der Waals surface area contributed by atoms with E-state index >= 15 is 0 Å². The largest absolute Gasteiger partial charge is 0.455 e. The van der Waals surface area contributed by atoms with E-state index in [-0.39, 0.29) is 10.8 Å². The monoisotopic (exact) mass is 1130 g/mol. The van der Waals surface area contributed by atoms with Crippen LogP contribution < -0.4 is 4.90 Å². The Hall–Kier alpha value is -10.9. The summed E-state index contributed by atoms with van der Waals surface area (Å²) in [4.78, 5) is 2.48. The molecule has 4 nitrogen and oxygen atoms in total. The van der Waals surface area contributed by atoms with Gasteiger partial charge in [-0.1, -0.05) is 204 Å². The molecule has 416 valence electrons. The van der Waals surface area contributed by atoms with Crippen LogP contribution in [-0.4, -0.2) is 9.13 Å². The van der Waals surface area contributed by atoms with Crippen molar-refractivity contribution in [3.8, 4) is 67.0 Å². The lowest BCUT2D eigenvalue weighted by Crippen LogP contribution is -2.18. The second kappa shape index (κ2) is 18.8. The zero-order valence-electron chi connectivity index (χ0n) is 49.4. The highest BCUT2D eigenvalue weighted by molar-refractivity contribution is 6.12. The molecule has 2 aliphatic carbocycles. The van der Waals surface area contributed by atoms with Crippen LogP contribution in [0.5, 0.6) is 0 Å². The average Bonchev–Trinajstić information content (AvgIpc) is 2.84. The highest BCUT2D eigenvalue weighted by atomic mass is 16.3. The molecule has 0 amide bonds. The average molecular weight is 1130 g/mol. The molecular weight excluding hydrogens is 1070 g/mol. The molecule has 3 aromatic heterocycles. The highest BCUT2D eigenvalue weighted by Gasteiger charge is 2.39. The summed E-state index contributed by atoms with van der Waals surface area (Å²) in [7, 11) is 0. The van der Waals surface area contributed by atoms with Crippen LogP contribution in [0, 0.1) is 0 Å². The molecular formula is C84H59N3O. The van der Waals surface area contributed by atoms with Crippen LogP contribution in [0.3, 0.4) is 0 Å². The van der Waals surface area contributed by atoms with Gasteiger partial charge < -0.3 is 18.5 Å². The van der Waals surface area contributed by atoms with E-state index in [0.717, 1.165) is 55.8 Å². The van der Waals surface area contributed by atoms with E-state index in [1.54, 1.807) is 0 Å². The van der Waals surface area contributed by atoms with E-state index in [0.29, 0.717) is 0 Å². The summed E-state index contributed by atoms with van der Waals surface area (Å²) in [5.41, 5.74) is 29.2. The number of furan rings is 1. The lowest BCUT2D eigenvalue weighted by molar-refractivity contribution is 0.660. The fourth-order valence-electron chi connectivity index (χ4n) is 15.3. The van der Waals surface area contributed by atoms with Crippen molar-refractivity contribution in [2.45, 2.75) is 38.5 Å². The van der Waals surface area contributed by atoms with Crippen molar-refractivity contribution in [3.63, 3.8) is 0 Å². The maximum Gasteiger partial charge on any atom is 0.143 e. The zero-order valence-corrected chi connectivity index (χ0v) is 49.4. The molecule has 16 aromatic rings. The first-order chi connectivity index (χ1) is 43.1. The summed E-state index contributed by atoms with van der Waals surface area (Å²) in [5.74, 6) is 0. The Bertz CT molecular complexity index is 5560. The second-order valence-corrected chi connectivity index (χ2v) is 25.2. The van der Waals surface area contributed by atoms with Gasteiger partial charge >= 0.3 is 0 Å². The normalized spacial score (nSPS) is 13.6. The van der Waals surface area contributed by atoms with Crippen molar-refractivity contribution in [2.24, 2.45) is 0 Å². The molecule has 88 heavy (non-hydrogen) atoms. The first kappa shape index (κ1) is 50.4. The Morgan fingerprint density at radius 3 is 1.31 bits per heavy atom. The third kappa shape index (κ3) is 7.39. The molecule has 0 unspecified atom stereocenters. The minimum atomic E-state index is -0.288. The number of rotatable bonds is 8. The molecule has 4 heteroatoms. The van der Waals surface area contributed by atoms with Gasteiger partial charge in [-0.05, 0) is 182 Å². The van der Waals surface area contributed by atoms with Crippen LogP contribution in [0.15, 0.2) is 290 Å². The van der Waals surface area contributed by atoms with Gasteiger partial charge in [0.2, 0.25) is 0 Å². The SMILES string of the molecule is CC1(C)c2cc(-c3ccc4c(c3)c3ccccc3n4-c3ccccc3)ccc2-c2ccc(N(c3ccc(-c4cccc5c4oc4ccccc45)cc3)c3ccc4c(c3)C(C)(C)c3cc(-c5ccc6c7ccccc7n(-c7ccccc7)c6c5)ccc3-4)cc21. The van der Waals surface area contributed by atoms with E-state index in [1.807, 2.05) is 6.07 Å². The number of anilines is 3. The topological polar surface area (TPSA) is 26.2 Å². The van der Waals surface area contributed by atoms with Crippen LogP contribution in [0.25, 0.3) is 133 Å². The third-order valence-corrected chi connectivity index (χ3v) is 19.7. The minimum absolute atomic E-state index is 0.285.